The van der Waals surface area contributed by atoms with Crippen LogP contribution in [0.1, 0.15) is 27.5 Å². The van der Waals surface area contributed by atoms with Crippen molar-refractivity contribution in [3.05, 3.63) is 77.7 Å². The number of ether oxygens (including phenoxy) is 1. The molecule has 1 aliphatic heterocycles. The first-order chi connectivity index (χ1) is 15.2. The fraction of sp³-hybridized carbons (Fsp3) is 0.227. The van der Waals surface area contributed by atoms with Crippen LogP contribution in [0.3, 0.4) is 0 Å². The quantitative estimate of drug-likeness (QED) is 0.493. The van der Waals surface area contributed by atoms with E-state index in [0.29, 0.717) is 36.8 Å². The van der Waals surface area contributed by atoms with Crippen LogP contribution in [-0.4, -0.2) is 42.3 Å². The molecule has 5 rings (SSSR count). The molecule has 0 saturated carbocycles. The van der Waals surface area contributed by atoms with Crippen LogP contribution in [0.5, 0.6) is 5.88 Å². The van der Waals surface area contributed by atoms with Gasteiger partial charge in [-0.3, -0.25) is 4.79 Å². The maximum atomic E-state index is 12.8. The van der Waals surface area contributed by atoms with Gasteiger partial charge in [0.2, 0.25) is 5.88 Å². The van der Waals surface area contributed by atoms with Gasteiger partial charge in [-0.25, -0.2) is 4.98 Å². The van der Waals surface area contributed by atoms with Gasteiger partial charge in [0.1, 0.15) is 24.4 Å². The van der Waals surface area contributed by atoms with Crippen molar-refractivity contribution in [2.75, 3.05) is 6.54 Å². The highest BCUT2D eigenvalue weighted by Crippen LogP contribution is 2.26. The van der Waals surface area contributed by atoms with E-state index in [0.717, 1.165) is 22.6 Å². The fourth-order valence-corrected chi connectivity index (χ4v) is 3.54. The van der Waals surface area contributed by atoms with E-state index in [1.165, 1.54) is 6.20 Å². The molecule has 9 nitrogen and oxygen atoms in total. The van der Waals surface area contributed by atoms with Crippen LogP contribution in [0.15, 0.2) is 59.5 Å². The van der Waals surface area contributed by atoms with Gasteiger partial charge in [0.15, 0.2) is 5.82 Å². The zero-order valence-electron chi connectivity index (χ0n) is 16.9. The molecule has 1 aromatic carbocycles. The second kappa shape index (κ2) is 8.02. The summed E-state index contributed by atoms with van der Waals surface area (Å²) in [6.45, 7) is 3.85. The third kappa shape index (κ3) is 3.77. The fourth-order valence-electron chi connectivity index (χ4n) is 3.54. The maximum absolute atomic E-state index is 12.8. The number of aromatic nitrogens is 5. The average Bonchev–Trinajstić information content (AvgIpc) is 3.44. The number of carbonyl (C=O) groups excluding carboxylic acids is 1. The molecule has 4 aromatic rings. The maximum Gasteiger partial charge on any atom is 0.255 e. The smallest absolute Gasteiger partial charge is 0.255 e. The molecule has 0 radical (unpaired) electrons. The molecule has 0 N–H and O–H groups in total. The first kappa shape index (κ1) is 19.0. The monoisotopic (exact) mass is 416 g/mol. The number of rotatable bonds is 5. The first-order valence-electron chi connectivity index (χ1n) is 9.94. The van der Waals surface area contributed by atoms with Gasteiger partial charge in [-0.2, -0.15) is 0 Å². The molecular formula is C22H20N6O3. The summed E-state index contributed by atoms with van der Waals surface area (Å²) in [5.74, 6) is 1.82. The Bertz CT molecular complexity index is 1200. The first-order valence-corrected chi connectivity index (χ1v) is 9.94. The van der Waals surface area contributed by atoms with E-state index in [9.17, 15) is 4.79 Å². The molecule has 0 bridgehead atoms. The van der Waals surface area contributed by atoms with Crippen molar-refractivity contribution in [2.45, 2.75) is 26.6 Å². The van der Waals surface area contributed by atoms with Crippen molar-refractivity contribution in [1.82, 2.24) is 29.8 Å². The number of carbonyl (C=O) groups is 1. The number of aryl methyl sites for hydroxylation is 1. The standard InChI is InChI=1S/C22H20N6O3/c1-15-18(21(26-31-15)16-5-3-2-4-6-16)13-30-20-8-7-17(11-23-20)22(29)27-9-10-28-14-24-25-19(28)12-27/h2-8,11,14H,9-10,12-13H2,1H3. The minimum Gasteiger partial charge on any atom is -0.473 e. The highest BCUT2D eigenvalue weighted by atomic mass is 16.5. The van der Waals surface area contributed by atoms with E-state index in [4.69, 9.17) is 9.26 Å². The topological polar surface area (TPSA) is 99.2 Å². The molecule has 0 atom stereocenters. The lowest BCUT2D eigenvalue weighted by Crippen LogP contribution is -2.38. The summed E-state index contributed by atoms with van der Waals surface area (Å²) in [6, 6.07) is 13.2. The summed E-state index contributed by atoms with van der Waals surface area (Å²) in [4.78, 5) is 18.9. The summed E-state index contributed by atoms with van der Waals surface area (Å²) in [7, 11) is 0. The number of hydrogen-bond acceptors (Lipinski definition) is 7. The van der Waals surface area contributed by atoms with Gasteiger partial charge in [0.05, 0.1) is 17.7 Å². The van der Waals surface area contributed by atoms with Crippen LogP contribution in [0.4, 0.5) is 0 Å². The molecule has 4 heterocycles. The van der Waals surface area contributed by atoms with Gasteiger partial charge in [-0.1, -0.05) is 35.5 Å². The minimum absolute atomic E-state index is 0.0884. The van der Waals surface area contributed by atoms with Crippen LogP contribution in [-0.2, 0) is 19.7 Å². The predicted octanol–water partition coefficient (Wildman–Crippen LogP) is 2.87. The molecule has 0 unspecified atom stereocenters. The van der Waals surface area contributed by atoms with Crippen molar-refractivity contribution in [2.24, 2.45) is 0 Å². The molecule has 0 fully saturated rings. The minimum atomic E-state index is -0.0884. The Labute approximate surface area is 178 Å². The third-order valence-corrected chi connectivity index (χ3v) is 5.31. The lowest BCUT2D eigenvalue weighted by atomic mass is 10.1. The number of fused-ring (bicyclic) bond motifs is 1. The van der Waals surface area contributed by atoms with E-state index >= 15 is 0 Å². The molecular weight excluding hydrogens is 396 g/mol. The van der Waals surface area contributed by atoms with Crippen LogP contribution in [0.25, 0.3) is 11.3 Å². The van der Waals surface area contributed by atoms with E-state index in [1.807, 2.05) is 41.8 Å². The summed E-state index contributed by atoms with van der Waals surface area (Å²) in [5.41, 5.74) is 3.09. The van der Waals surface area contributed by atoms with Crippen LogP contribution < -0.4 is 4.74 Å². The second-order valence-electron chi connectivity index (χ2n) is 7.27. The number of nitrogens with zero attached hydrogens (tertiary/aromatic N) is 6. The number of benzene rings is 1. The van der Waals surface area contributed by atoms with Crippen molar-refractivity contribution < 1.29 is 14.1 Å². The van der Waals surface area contributed by atoms with Gasteiger partial charge in [0, 0.05) is 30.9 Å². The van der Waals surface area contributed by atoms with E-state index in [2.05, 4.69) is 20.3 Å². The normalized spacial score (nSPS) is 13.1. The summed E-state index contributed by atoms with van der Waals surface area (Å²) >= 11 is 0. The zero-order chi connectivity index (χ0) is 21.2. The number of pyridine rings is 1. The van der Waals surface area contributed by atoms with Crippen LogP contribution in [0, 0.1) is 6.92 Å². The Morgan fingerprint density at radius 3 is 2.84 bits per heavy atom. The Kier molecular flexibility index (Phi) is 4.91. The van der Waals surface area contributed by atoms with E-state index < -0.39 is 0 Å². The third-order valence-electron chi connectivity index (χ3n) is 5.31. The Morgan fingerprint density at radius 2 is 2.03 bits per heavy atom. The van der Waals surface area contributed by atoms with Gasteiger partial charge >= 0.3 is 0 Å². The molecule has 31 heavy (non-hydrogen) atoms. The van der Waals surface area contributed by atoms with E-state index in [-0.39, 0.29) is 12.5 Å². The van der Waals surface area contributed by atoms with Gasteiger partial charge in [0.25, 0.3) is 5.91 Å². The van der Waals surface area contributed by atoms with Gasteiger partial charge < -0.3 is 18.7 Å². The highest BCUT2D eigenvalue weighted by Gasteiger charge is 2.23. The number of amides is 1. The van der Waals surface area contributed by atoms with Crippen LogP contribution in [0.2, 0.25) is 0 Å². The molecule has 9 heteroatoms. The molecule has 1 aliphatic rings. The van der Waals surface area contributed by atoms with Crippen molar-refractivity contribution in [3.63, 3.8) is 0 Å². The summed E-state index contributed by atoms with van der Waals surface area (Å²) in [5, 5.41) is 12.1. The Hall–Kier alpha value is -4.01. The van der Waals surface area contributed by atoms with Crippen molar-refractivity contribution in [3.8, 4) is 17.1 Å². The predicted molar refractivity (Wildman–Crippen MR) is 110 cm³/mol. The molecule has 156 valence electrons. The molecule has 0 aliphatic carbocycles. The molecule has 0 spiro atoms. The number of hydrogen-bond donors (Lipinski definition) is 0. The largest absolute Gasteiger partial charge is 0.473 e. The lowest BCUT2D eigenvalue weighted by Gasteiger charge is -2.27. The highest BCUT2D eigenvalue weighted by molar-refractivity contribution is 5.94. The average molecular weight is 416 g/mol. The lowest BCUT2D eigenvalue weighted by molar-refractivity contribution is 0.0707. The summed E-state index contributed by atoms with van der Waals surface area (Å²) in [6.07, 6.45) is 3.22. The SMILES string of the molecule is Cc1onc(-c2ccccc2)c1COc1ccc(C(=O)N2CCn3cnnc3C2)cn1. The Balaban J connectivity index is 1.26. The molecule has 3 aromatic heterocycles. The molecule has 1 amide bonds. The second-order valence-corrected chi connectivity index (χ2v) is 7.27. The van der Waals surface area contributed by atoms with Gasteiger partial charge in [-0.15, -0.1) is 10.2 Å². The van der Waals surface area contributed by atoms with E-state index in [1.54, 1.807) is 23.4 Å². The van der Waals surface area contributed by atoms with Crippen molar-refractivity contribution >= 4 is 5.91 Å². The van der Waals surface area contributed by atoms with Gasteiger partial charge in [-0.05, 0) is 13.0 Å². The summed E-state index contributed by atoms with van der Waals surface area (Å²) < 4.78 is 13.2. The van der Waals surface area contributed by atoms with Crippen LogP contribution >= 0.6 is 0 Å². The zero-order valence-corrected chi connectivity index (χ0v) is 16.9. The molecule has 0 saturated heterocycles. The van der Waals surface area contributed by atoms with Crippen molar-refractivity contribution in [1.29, 1.82) is 0 Å². The Morgan fingerprint density at radius 1 is 1.16 bits per heavy atom.